The molecule has 0 fully saturated rings. The summed E-state index contributed by atoms with van der Waals surface area (Å²) >= 11 is 0. The van der Waals surface area contributed by atoms with E-state index in [9.17, 15) is 0 Å². The van der Waals surface area contributed by atoms with Crippen molar-refractivity contribution in [3.8, 4) is 5.69 Å². The highest BCUT2D eigenvalue weighted by atomic mass is 127. The molecule has 1 aromatic carbocycles. The van der Waals surface area contributed by atoms with Crippen LogP contribution in [-0.2, 0) is 6.54 Å². The molecule has 0 unspecified atom stereocenters. The van der Waals surface area contributed by atoms with Crippen LogP contribution in [-0.4, -0.2) is 22.8 Å². The molecule has 0 aliphatic carbocycles. The van der Waals surface area contributed by atoms with Gasteiger partial charge in [0.1, 0.15) is 0 Å². The Morgan fingerprint density at radius 2 is 2.05 bits per heavy atom. The first-order valence-electron chi connectivity index (χ1n) is 6.19. The number of benzene rings is 1. The van der Waals surface area contributed by atoms with Crippen molar-refractivity contribution in [3.05, 3.63) is 47.3 Å². The lowest BCUT2D eigenvalue weighted by Crippen LogP contribution is -2.31. The van der Waals surface area contributed by atoms with Crippen LogP contribution in [0.4, 0.5) is 0 Å². The second-order valence-electron chi connectivity index (χ2n) is 4.43. The number of nitrogens with zero attached hydrogens (tertiary/aromatic N) is 3. The van der Waals surface area contributed by atoms with E-state index in [1.165, 1.54) is 0 Å². The Balaban J connectivity index is 0.00000200. The summed E-state index contributed by atoms with van der Waals surface area (Å²) in [4.78, 5) is 3.89. The second kappa shape index (κ2) is 7.28. The molecule has 1 heterocycles. The number of nitrogens with one attached hydrogen (secondary N) is 1. The van der Waals surface area contributed by atoms with Crippen LogP contribution in [0.1, 0.15) is 17.0 Å². The SMILES string of the molecule is CN=C(N)NCc1ccccc1-n1nc(C)cc1C.I. The molecule has 20 heavy (non-hydrogen) atoms. The van der Waals surface area contributed by atoms with Crippen molar-refractivity contribution in [1.82, 2.24) is 15.1 Å². The van der Waals surface area contributed by atoms with Crippen LogP contribution in [0.5, 0.6) is 0 Å². The van der Waals surface area contributed by atoms with Gasteiger partial charge in [-0.25, -0.2) is 4.68 Å². The summed E-state index contributed by atoms with van der Waals surface area (Å²) in [6, 6.07) is 10.2. The standard InChI is InChI=1S/C14H19N5.HI/c1-10-8-11(2)19(18-10)13-7-5-4-6-12(13)9-17-14(15)16-3;/h4-8H,9H2,1-3H3,(H3,15,16,17);1H. The number of halogens is 1. The average Bonchev–Trinajstić information content (AvgIpc) is 2.75. The molecule has 5 nitrogen and oxygen atoms in total. The summed E-state index contributed by atoms with van der Waals surface area (Å²) in [5.41, 5.74) is 9.97. The van der Waals surface area contributed by atoms with Crippen molar-refractivity contribution in [2.45, 2.75) is 20.4 Å². The lowest BCUT2D eigenvalue weighted by Gasteiger charge is -2.12. The Kier molecular flexibility index (Phi) is 6.00. The zero-order chi connectivity index (χ0) is 13.8. The van der Waals surface area contributed by atoms with E-state index >= 15 is 0 Å². The number of guanidine groups is 1. The summed E-state index contributed by atoms with van der Waals surface area (Å²) in [5, 5.41) is 7.59. The van der Waals surface area contributed by atoms with E-state index in [1.807, 2.05) is 30.7 Å². The van der Waals surface area contributed by atoms with Gasteiger partial charge >= 0.3 is 0 Å². The minimum atomic E-state index is 0. The molecule has 0 saturated heterocycles. The number of hydrogen-bond acceptors (Lipinski definition) is 2. The maximum Gasteiger partial charge on any atom is 0.188 e. The first-order valence-corrected chi connectivity index (χ1v) is 6.19. The molecule has 1 aromatic heterocycles. The molecule has 2 aromatic rings. The first kappa shape index (κ1) is 16.5. The van der Waals surface area contributed by atoms with Crippen molar-refractivity contribution in [1.29, 1.82) is 0 Å². The van der Waals surface area contributed by atoms with Gasteiger partial charge < -0.3 is 11.1 Å². The van der Waals surface area contributed by atoms with Crippen LogP contribution in [0.3, 0.4) is 0 Å². The number of aliphatic imine (C=N–C) groups is 1. The van der Waals surface area contributed by atoms with Crippen LogP contribution in [0.15, 0.2) is 35.3 Å². The van der Waals surface area contributed by atoms with E-state index in [0.29, 0.717) is 12.5 Å². The van der Waals surface area contributed by atoms with Crippen LogP contribution in [0.25, 0.3) is 5.69 Å². The van der Waals surface area contributed by atoms with E-state index in [4.69, 9.17) is 5.73 Å². The molecule has 0 spiro atoms. The van der Waals surface area contributed by atoms with Crippen molar-refractivity contribution in [2.75, 3.05) is 7.05 Å². The maximum absolute atomic E-state index is 5.66. The van der Waals surface area contributed by atoms with Gasteiger partial charge in [-0.05, 0) is 31.5 Å². The third-order valence-corrected chi connectivity index (χ3v) is 2.93. The Hall–Kier alpha value is -1.57. The van der Waals surface area contributed by atoms with Gasteiger partial charge in [-0.2, -0.15) is 5.10 Å². The molecule has 0 bridgehead atoms. The zero-order valence-corrected chi connectivity index (χ0v) is 14.3. The molecule has 0 saturated carbocycles. The Morgan fingerprint density at radius 3 is 2.65 bits per heavy atom. The molecule has 0 aliphatic heterocycles. The highest BCUT2D eigenvalue weighted by Crippen LogP contribution is 2.16. The molecule has 2 rings (SSSR count). The third kappa shape index (κ3) is 3.72. The predicted octanol–water partition coefficient (Wildman–Crippen LogP) is 2.14. The fourth-order valence-electron chi connectivity index (χ4n) is 2.00. The van der Waals surface area contributed by atoms with Crippen LogP contribution in [0, 0.1) is 13.8 Å². The van der Waals surface area contributed by atoms with E-state index in [-0.39, 0.29) is 24.0 Å². The van der Waals surface area contributed by atoms with Crippen LogP contribution >= 0.6 is 24.0 Å². The van der Waals surface area contributed by atoms with Crippen molar-refractivity contribution >= 4 is 29.9 Å². The van der Waals surface area contributed by atoms with Gasteiger partial charge in [-0.1, -0.05) is 18.2 Å². The summed E-state index contributed by atoms with van der Waals surface area (Å²) in [6.07, 6.45) is 0. The van der Waals surface area contributed by atoms with Gasteiger partial charge in [0.25, 0.3) is 0 Å². The number of para-hydroxylation sites is 1. The van der Waals surface area contributed by atoms with Gasteiger partial charge in [-0.3, -0.25) is 4.99 Å². The summed E-state index contributed by atoms with van der Waals surface area (Å²) < 4.78 is 1.95. The Bertz CT molecular complexity index is 603. The fourth-order valence-corrected chi connectivity index (χ4v) is 2.00. The van der Waals surface area contributed by atoms with Gasteiger partial charge in [0, 0.05) is 19.3 Å². The molecular formula is C14H20IN5. The molecule has 0 radical (unpaired) electrons. The van der Waals surface area contributed by atoms with Crippen molar-refractivity contribution in [3.63, 3.8) is 0 Å². The van der Waals surface area contributed by atoms with Crippen molar-refractivity contribution in [2.24, 2.45) is 10.7 Å². The van der Waals surface area contributed by atoms with Crippen LogP contribution in [0.2, 0.25) is 0 Å². The molecular weight excluding hydrogens is 365 g/mol. The molecule has 108 valence electrons. The minimum absolute atomic E-state index is 0. The Morgan fingerprint density at radius 1 is 1.35 bits per heavy atom. The van der Waals surface area contributed by atoms with Crippen LogP contribution < -0.4 is 11.1 Å². The maximum atomic E-state index is 5.66. The largest absolute Gasteiger partial charge is 0.370 e. The number of rotatable bonds is 3. The number of aryl methyl sites for hydroxylation is 2. The predicted molar refractivity (Wildman–Crippen MR) is 92.8 cm³/mol. The molecule has 0 amide bonds. The van der Waals surface area contributed by atoms with E-state index < -0.39 is 0 Å². The first-order chi connectivity index (χ1) is 9.11. The summed E-state index contributed by atoms with van der Waals surface area (Å²) in [6.45, 7) is 4.66. The fraction of sp³-hybridized carbons (Fsp3) is 0.286. The molecule has 3 N–H and O–H groups in total. The monoisotopic (exact) mass is 385 g/mol. The zero-order valence-electron chi connectivity index (χ0n) is 11.9. The topological polar surface area (TPSA) is 68.2 Å². The second-order valence-corrected chi connectivity index (χ2v) is 4.43. The van der Waals surface area contributed by atoms with Crippen molar-refractivity contribution < 1.29 is 0 Å². The normalized spacial score (nSPS) is 11.1. The third-order valence-electron chi connectivity index (χ3n) is 2.93. The number of aromatic nitrogens is 2. The Labute approximate surface area is 136 Å². The molecule has 0 atom stereocenters. The summed E-state index contributed by atoms with van der Waals surface area (Å²) in [7, 11) is 1.66. The highest BCUT2D eigenvalue weighted by molar-refractivity contribution is 14.0. The van der Waals surface area contributed by atoms with Gasteiger partial charge in [0.2, 0.25) is 0 Å². The van der Waals surface area contributed by atoms with E-state index in [2.05, 4.69) is 33.6 Å². The molecule has 6 heteroatoms. The lowest BCUT2D eigenvalue weighted by atomic mass is 10.1. The minimum Gasteiger partial charge on any atom is -0.370 e. The number of nitrogens with two attached hydrogens (primary N) is 1. The number of hydrogen-bond donors (Lipinski definition) is 2. The van der Waals surface area contributed by atoms with E-state index in [1.54, 1.807) is 7.05 Å². The smallest absolute Gasteiger partial charge is 0.188 e. The van der Waals surface area contributed by atoms with Gasteiger partial charge in [-0.15, -0.1) is 24.0 Å². The molecule has 0 aliphatic rings. The van der Waals surface area contributed by atoms with E-state index in [0.717, 1.165) is 22.6 Å². The quantitative estimate of drug-likeness (QED) is 0.483. The summed E-state index contributed by atoms with van der Waals surface area (Å²) in [5.74, 6) is 0.433. The van der Waals surface area contributed by atoms with Gasteiger partial charge in [0.05, 0.1) is 11.4 Å². The lowest BCUT2D eigenvalue weighted by molar-refractivity contribution is 0.803. The highest BCUT2D eigenvalue weighted by Gasteiger charge is 2.08. The average molecular weight is 385 g/mol. The van der Waals surface area contributed by atoms with Gasteiger partial charge in [0.15, 0.2) is 5.96 Å².